The van der Waals surface area contributed by atoms with Gasteiger partial charge < -0.3 is 10.6 Å². The molecule has 0 radical (unpaired) electrons. The van der Waals surface area contributed by atoms with Gasteiger partial charge in [0.05, 0.1) is 9.35 Å². The zero-order valence-electron chi connectivity index (χ0n) is 8.25. The van der Waals surface area contributed by atoms with Crippen LogP contribution in [-0.4, -0.2) is 25.5 Å². The van der Waals surface area contributed by atoms with E-state index in [9.17, 15) is 4.79 Å². The van der Waals surface area contributed by atoms with Crippen LogP contribution in [-0.2, 0) is 0 Å². The molecule has 1 amide bonds. The Morgan fingerprint density at radius 2 is 2.60 bits per heavy atom. The highest BCUT2D eigenvalue weighted by Crippen LogP contribution is 2.20. The van der Waals surface area contributed by atoms with E-state index in [-0.39, 0.29) is 5.91 Å². The van der Waals surface area contributed by atoms with Crippen molar-refractivity contribution < 1.29 is 4.79 Å². The maximum atomic E-state index is 11.7. The maximum absolute atomic E-state index is 11.7. The standard InChI is InChI=1S/C10H13BrN2OS/c11-9-3-8(6-15-9)10(14)13-5-7-1-2-12-4-7/h3,6-7,12H,1-2,4-5H2,(H,13,14). The first-order valence-electron chi connectivity index (χ1n) is 4.98. The molecule has 2 heterocycles. The van der Waals surface area contributed by atoms with E-state index in [0.717, 1.165) is 35.4 Å². The van der Waals surface area contributed by atoms with Crippen LogP contribution >= 0.6 is 27.3 Å². The van der Waals surface area contributed by atoms with Crippen molar-refractivity contribution in [3.63, 3.8) is 0 Å². The van der Waals surface area contributed by atoms with Crippen LogP contribution in [0.4, 0.5) is 0 Å². The summed E-state index contributed by atoms with van der Waals surface area (Å²) in [5, 5.41) is 8.11. The van der Waals surface area contributed by atoms with Crippen molar-refractivity contribution in [1.29, 1.82) is 0 Å². The molecule has 3 nitrogen and oxygen atoms in total. The SMILES string of the molecule is O=C(NCC1CCNC1)c1csc(Br)c1. The third kappa shape index (κ3) is 3.03. The number of carbonyl (C=O) groups excluding carboxylic acids is 1. The Morgan fingerprint density at radius 1 is 1.73 bits per heavy atom. The molecule has 1 aromatic rings. The Bertz CT molecular complexity index is 347. The van der Waals surface area contributed by atoms with E-state index in [1.807, 2.05) is 11.4 Å². The summed E-state index contributed by atoms with van der Waals surface area (Å²) in [6, 6.07) is 1.85. The van der Waals surface area contributed by atoms with E-state index in [2.05, 4.69) is 26.6 Å². The number of hydrogen-bond acceptors (Lipinski definition) is 3. The molecule has 2 rings (SSSR count). The van der Waals surface area contributed by atoms with Gasteiger partial charge in [-0.2, -0.15) is 0 Å². The molecule has 0 aliphatic carbocycles. The number of hydrogen-bond donors (Lipinski definition) is 2. The van der Waals surface area contributed by atoms with Gasteiger partial charge in [-0.25, -0.2) is 0 Å². The van der Waals surface area contributed by atoms with Crippen molar-refractivity contribution in [2.24, 2.45) is 5.92 Å². The molecule has 1 saturated heterocycles. The van der Waals surface area contributed by atoms with Crippen LogP contribution < -0.4 is 10.6 Å². The molecule has 1 aliphatic heterocycles. The number of amides is 1. The summed E-state index contributed by atoms with van der Waals surface area (Å²) in [5.74, 6) is 0.625. The van der Waals surface area contributed by atoms with Gasteiger partial charge in [-0.05, 0) is 47.4 Å². The summed E-state index contributed by atoms with van der Waals surface area (Å²) in [6.07, 6.45) is 1.16. The van der Waals surface area contributed by atoms with E-state index < -0.39 is 0 Å². The molecular formula is C10H13BrN2OS. The molecule has 1 fully saturated rings. The lowest BCUT2D eigenvalue weighted by atomic mass is 10.1. The maximum Gasteiger partial charge on any atom is 0.252 e. The highest BCUT2D eigenvalue weighted by molar-refractivity contribution is 9.11. The first kappa shape index (κ1) is 11.1. The molecule has 1 atom stereocenters. The van der Waals surface area contributed by atoms with Crippen LogP contribution in [0, 0.1) is 5.92 Å². The molecule has 82 valence electrons. The molecule has 0 aromatic carbocycles. The Kier molecular flexibility index (Phi) is 3.77. The first-order valence-corrected chi connectivity index (χ1v) is 6.66. The Labute approximate surface area is 101 Å². The number of thiophene rings is 1. The van der Waals surface area contributed by atoms with Gasteiger partial charge in [0.15, 0.2) is 0 Å². The van der Waals surface area contributed by atoms with Crippen LogP contribution in [0.5, 0.6) is 0 Å². The minimum Gasteiger partial charge on any atom is -0.352 e. The number of carbonyl (C=O) groups is 1. The second kappa shape index (κ2) is 5.09. The second-order valence-corrected chi connectivity index (χ2v) is 6.00. The Morgan fingerprint density at radius 3 is 3.20 bits per heavy atom. The average Bonchev–Trinajstić information content (AvgIpc) is 2.84. The van der Waals surface area contributed by atoms with Crippen molar-refractivity contribution in [2.45, 2.75) is 6.42 Å². The zero-order chi connectivity index (χ0) is 10.7. The number of nitrogens with one attached hydrogen (secondary N) is 2. The van der Waals surface area contributed by atoms with Gasteiger partial charge in [-0.1, -0.05) is 0 Å². The normalized spacial score (nSPS) is 20.5. The van der Waals surface area contributed by atoms with Crippen molar-refractivity contribution in [3.8, 4) is 0 Å². The summed E-state index contributed by atoms with van der Waals surface area (Å²) >= 11 is 4.88. The molecular weight excluding hydrogens is 276 g/mol. The summed E-state index contributed by atoms with van der Waals surface area (Å²) in [7, 11) is 0. The largest absolute Gasteiger partial charge is 0.352 e. The molecule has 15 heavy (non-hydrogen) atoms. The lowest BCUT2D eigenvalue weighted by Gasteiger charge is -2.08. The van der Waals surface area contributed by atoms with E-state index in [1.54, 1.807) is 0 Å². The van der Waals surface area contributed by atoms with Crippen LogP contribution in [0.3, 0.4) is 0 Å². The first-order chi connectivity index (χ1) is 7.25. The quantitative estimate of drug-likeness (QED) is 0.891. The van der Waals surface area contributed by atoms with E-state index in [1.165, 1.54) is 11.3 Å². The van der Waals surface area contributed by atoms with Crippen LogP contribution in [0.15, 0.2) is 15.2 Å². The number of rotatable bonds is 3. The minimum atomic E-state index is 0.0313. The van der Waals surface area contributed by atoms with Crippen molar-refractivity contribution in [3.05, 3.63) is 20.8 Å². The van der Waals surface area contributed by atoms with Crippen molar-refractivity contribution in [2.75, 3.05) is 19.6 Å². The molecule has 0 saturated carbocycles. The van der Waals surface area contributed by atoms with Crippen LogP contribution in [0.25, 0.3) is 0 Å². The summed E-state index contributed by atoms with van der Waals surface area (Å²) in [4.78, 5) is 11.7. The Hall–Kier alpha value is -0.390. The van der Waals surface area contributed by atoms with Gasteiger partial charge in [0.1, 0.15) is 0 Å². The predicted molar refractivity (Wildman–Crippen MR) is 65.3 cm³/mol. The van der Waals surface area contributed by atoms with Crippen molar-refractivity contribution >= 4 is 33.2 Å². The van der Waals surface area contributed by atoms with Crippen molar-refractivity contribution in [1.82, 2.24) is 10.6 Å². The summed E-state index contributed by atoms with van der Waals surface area (Å²) in [5.41, 5.74) is 0.748. The molecule has 0 bridgehead atoms. The average molecular weight is 289 g/mol. The Balaban J connectivity index is 1.81. The monoisotopic (exact) mass is 288 g/mol. The molecule has 1 unspecified atom stereocenters. The van der Waals surface area contributed by atoms with Gasteiger partial charge in [0, 0.05) is 11.9 Å². The number of halogens is 1. The fourth-order valence-corrected chi connectivity index (χ4v) is 2.79. The summed E-state index contributed by atoms with van der Waals surface area (Å²) in [6.45, 7) is 2.87. The molecule has 0 spiro atoms. The highest BCUT2D eigenvalue weighted by Gasteiger charge is 2.15. The van der Waals surface area contributed by atoms with E-state index in [0.29, 0.717) is 5.92 Å². The van der Waals surface area contributed by atoms with Gasteiger partial charge in [-0.15, -0.1) is 11.3 Å². The lowest BCUT2D eigenvalue weighted by Crippen LogP contribution is -2.29. The second-order valence-electron chi connectivity index (χ2n) is 3.71. The molecule has 5 heteroatoms. The van der Waals surface area contributed by atoms with Gasteiger partial charge in [0.2, 0.25) is 0 Å². The van der Waals surface area contributed by atoms with Gasteiger partial charge >= 0.3 is 0 Å². The lowest BCUT2D eigenvalue weighted by molar-refractivity contribution is 0.0948. The van der Waals surface area contributed by atoms with Crippen LogP contribution in [0.1, 0.15) is 16.8 Å². The summed E-state index contributed by atoms with van der Waals surface area (Å²) < 4.78 is 0.996. The fourth-order valence-electron chi connectivity index (χ4n) is 1.66. The topological polar surface area (TPSA) is 41.1 Å². The molecule has 1 aromatic heterocycles. The van der Waals surface area contributed by atoms with E-state index >= 15 is 0 Å². The van der Waals surface area contributed by atoms with Crippen LogP contribution in [0.2, 0.25) is 0 Å². The predicted octanol–water partition coefficient (Wildman–Crippen LogP) is 1.85. The van der Waals surface area contributed by atoms with E-state index in [4.69, 9.17) is 0 Å². The minimum absolute atomic E-state index is 0.0313. The smallest absolute Gasteiger partial charge is 0.252 e. The molecule has 1 aliphatic rings. The third-order valence-corrected chi connectivity index (χ3v) is 4.05. The molecule has 2 N–H and O–H groups in total. The van der Waals surface area contributed by atoms with Gasteiger partial charge in [-0.3, -0.25) is 4.79 Å². The fraction of sp³-hybridized carbons (Fsp3) is 0.500. The highest BCUT2D eigenvalue weighted by atomic mass is 79.9. The zero-order valence-corrected chi connectivity index (χ0v) is 10.7. The van der Waals surface area contributed by atoms with Gasteiger partial charge in [0.25, 0.3) is 5.91 Å². The third-order valence-electron chi connectivity index (χ3n) is 2.54.